The highest BCUT2D eigenvalue weighted by atomic mass is 32.2. The van der Waals surface area contributed by atoms with Crippen molar-refractivity contribution >= 4 is 27.3 Å². The summed E-state index contributed by atoms with van der Waals surface area (Å²) in [6.45, 7) is 1.58. The van der Waals surface area contributed by atoms with E-state index in [2.05, 4.69) is 9.82 Å². The molecule has 7 nitrogen and oxygen atoms in total. The van der Waals surface area contributed by atoms with Crippen molar-refractivity contribution in [2.45, 2.75) is 19.4 Å². The zero-order valence-corrected chi connectivity index (χ0v) is 17.2. The van der Waals surface area contributed by atoms with E-state index in [0.717, 1.165) is 11.3 Å². The minimum absolute atomic E-state index is 0.00282. The molecule has 4 rings (SSSR count). The second-order valence-electron chi connectivity index (χ2n) is 6.88. The molecule has 0 aliphatic carbocycles. The topological polar surface area (TPSA) is 92.0 Å². The van der Waals surface area contributed by atoms with E-state index in [-0.39, 0.29) is 17.7 Å². The number of hydrogen-bond donors (Lipinski definition) is 1. The Bertz CT molecular complexity index is 1150. The van der Waals surface area contributed by atoms with Crippen LogP contribution in [0.5, 0.6) is 0 Å². The van der Waals surface area contributed by atoms with Crippen LogP contribution >= 0.6 is 0 Å². The molecule has 2 heterocycles. The Morgan fingerprint density at radius 2 is 1.83 bits per heavy atom. The van der Waals surface area contributed by atoms with E-state index < -0.39 is 10.0 Å². The van der Waals surface area contributed by atoms with Crippen LogP contribution in [-0.2, 0) is 10.0 Å². The standard InChI is InChI=1S/C22H21N3O4S/c1-2-30(27,28)24-18-12-10-16(11-13-18)19-15-20(21-9-6-14-29-21)25(23-19)22(26)17-7-4-3-5-8-17/h3-14,20,24H,2,15H2,1H3/t20-/m1/s1. The van der Waals surface area contributed by atoms with E-state index in [1.807, 2.05) is 24.3 Å². The van der Waals surface area contributed by atoms with Crippen molar-refractivity contribution in [1.29, 1.82) is 0 Å². The van der Waals surface area contributed by atoms with Gasteiger partial charge in [-0.2, -0.15) is 5.10 Å². The van der Waals surface area contributed by atoms with Crippen LogP contribution in [0.1, 0.15) is 41.1 Å². The molecule has 0 radical (unpaired) electrons. The third-order valence-electron chi connectivity index (χ3n) is 4.88. The number of amides is 1. The third kappa shape index (κ3) is 4.13. The molecule has 154 valence electrons. The van der Waals surface area contributed by atoms with Gasteiger partial charge >= 0.3 is 0 Å². The maximum atomic E-state index is 13.1. The SMILES string of the molecule is CCS(=O)(=O)Nc1ccc(C2=NN(C(=O)c3ccccc3)[C@@H](c3ccco3)C2)cc1. The molecule has 1 amide bonds. The first-order chi connectivity index (χ1) is 14.5. The quantitative estimate of drug-likeness (QED) is 0.648. The Hall–Kier alpha value is -3.39. The minimum atomic E-state index is -3.34. The van der Waals surface area contributed by atoms with Gasteiger partial charge < -0.3 is 4.42 Å². The molecule has 1 N–H and O–H groups in total. The summed E-state index contributed by atoms with van der Waals surface area (Å²) in [4.78, 5) is 13.1. The van der Waals surface area contributed by atoms with Crippen molar-refractivity contribution in [3.63, 3.8) is 0 Å². The van der Waals surface area contributed by atoms with Crippen LogP contribution in [0.2, 0.25) is 0 Å². The lowest BCUT2D eigenvalue weighted by atomic mass is 10.0. The molecular weight excluding hydrogens is 402 g/mol. The van der Waals surface area contributed by atoms with Crippen LogP contribution in [0.25, 0.3) is 0 Å². The number of nitrogens with one attached hydrogen (secondary N) is 1. The van der Waals surface area contributed by atoms with Gasteiger partial charge in [0.2, 0.25) is 10.0 Å². The lowest BCUT2D eigenvalue weighted by molar-refractivity contribution is 0.0693. The summed E-state index contributed by atoms with van der Waals surface area (Å²) in [6.07, 6.45) is 2.07. The summed E-state index contributed by atoms with van der Waals surface area (Å²) in [5.74, 6) is 0.452. The Balaban J connectivity index is 1.63. The van der Waals surface area contributed by atoms with Crippen LogP contribution < -0.4 is 4.72 Å². The molecule has 1 atom stereocenters. The largest absolute Gasteiger partial charge is 0.467 e. The first-order valence-electron chi connectivity index (χ1n) is 9.57. The number of nitrogens with zero attached hydrogens (tertiary/aromatic N) is 2. The molecule has 0 saturated heterocycles. The average Bonchev–Trinajstić information content (AvgIpc) is 3.44. The van der Waals surface area contributed by atoms with E-state index in [1.54, 1.807) is 55.7 Å². The van der Waals surface area contributed by atoms with Gasteiger partial charge in [0.1, 0.15) is 11.8 Å². The monoisotopic (exact) mass is 423 g/mol. The number of sulfonamides is 1. The first-order valence-corrected chi connectivity index (χ1v) is 11.2. The summed E-state index contributed by atoms with van der Waals surface area (Å²) in [7, 11) is -3.34. The molecule has 1 aliphatic rings. The summed E-state index contributed by atoms with van der Waals surface area (Å²) >= 11 is 0. The van der Waals surface area contributed by atoms with Crippen LogP contribution in [0.4, 0.5) is 5.69 Å². The number of anilines is 1. The smallest absolute Gasteiger partial charge is 0.274 e. The second-order valence-corrected chi connectivity index (χ2v) is 8.89. The Morgan fingerprint density at radius 1 is 1.10 bits per heavy atom. The van der Waals surface area contributed by atoms with Gasteiger partial charge in [-0.05, 0) is 48.9 Å². The van der Waals surface area contributed by atoms with Gasteiger partial charge in [-0.1, -0.05) is 30.3 Å². The van der Waals surface area contributed by atoms with Crippen molar-refractivity contribution in [2.75, 3.05) is 10.5 Å². The second kappa shape index (κ2) is 8.16. The predicted molar refractivity (Wildman–Crippen MR) is 115 cm³/mol. The third-order valence-corrected chi connectivity index (χ3v) is 6.19. The molecule has 2 aromatic carbocycles. The number of hydrogen-bond acceptors (Lipinski definition) is 5. The number of carbonyl (C=O) groups excluding carboxylic acids is 1. The molecule has 3 aromatic rings. The van der Waals surface area contributed by atoms with Gasteiger partial charge in [0.05, 0.1) is 17.7 Å². The lowest BCUT2D eigenvalue weighted by Crippen LogP contribution is -2.26. The number of carbonyl (C=O) groups is 1. The molecule has 1 aromatic heterocycles. The normalized spacial score (nSPS) is 16.4. The minimum Gasteiger partial charge on any atom is -0.467 e. The Kier molecular flexibility index (Phi) is 5.41. The predicted octanol–water partition coefficient (Wildman–Crippen LogP) is 4.03. The molecule has 0 unspecified atom stereocenters. The van der Waals surface area contributed by atoms with Gasteiger partial charge in [0, 0.05) is 17.7 Å². The molecule has 1 aliphatic heterocycles. The highest BCUT2D eigenvalue weighted by Crippen LogP contribution is 2.34. The first kappa shape index (κ1) is 19.9. The number of rotatable bonds is 6. The van der Waals surface area contributed by atoms with Crippen LogP contribution in [0.3, 0.4) is 0 Å². The number of hydrazone groups is 1. The summed E-state index contributed by atoms with van der Waals surface area (Å²) in [5.41, 5.74) is 2.57. The molecule has 0 fully saturated rings. The van der Waals surface area contributed by atoms with Crippen molar-refractivity contribution in [3.05, 3.63) is 89.9 Å². The molecule has 0 saturated carbocycles. The van der Waals surface area contributed by atoms with Crippen LogP contribution in [-0.4, -0.2) is 30.8 Å². The van der Waals surface area contributed by atoms with Gasteiger partial charge in [-0.15, -0.1) is 0 Å². The van der Waals surface area contributed by atoms with Crippen molar-refractivity contribution in [3.8, 4) is 0 Å². The zero-order valence-electron chi connectivity index (χ0n) is 16.4. The fourth-order valence-corrected chi connectivity index (χ4v) is 3.91. The highest BCUT2D eigenvalue weighted by Gasteiger charge is 2.35. The molecule has 0 spiro atoms. The average molecular weight is 423 g/mol. The van der Waals surface area contributed by atoms with Crippen molar-refractivity contribution < 1.29 is 17.6 Å². The fourth-order valence-electron chi connectivity index (χ4n) is 3.27. The van der Waals surface area contributed by atoms with Gasteiger partial charge in [0.25, 0.3) is 5.91 Å². The maximum Gasteiger partial charge on any atom is 0.274 e. The number of benzene rings is 2. The lowest BCUT2D eigenvalue weighted by Gasteiger charge is -2.19. The summed E-state index contributed by atoms with van der Waals surface area (Å²) in [5, 5.41) is 6.05. The number of furan rings is 1. The zero-order chi connectivity index (χ0) is 21.1. The van der Waals surface area contributed by atoms with Crippen molar-refractivity contribution in [1.82, 2.24) is 5.01 Å². The van der Waals surface area contributed by atoms with E-state index in [0.29, 0.717) is 23.4 Å². The van der Waals surface area contributed by atoms with Gasteiger partial charge in [0.15, 0.2) is 0 Å². The van der Waals surface area contributed by atoms with E-state index >= 15 is 0 Å². The van der Waals surface area contributed by atoms with Crippen LogP contribution in [0, 0.1) is 0 Å². The molecule has 8 heteroatoms. The molecule has 0 bridgehead atoms. The van der Waals surface area contributed by atoms with Gasteiger partial charge in [-0.3, -0.25) is 9.52 Å². The van der Waals surface area contributed by atoms with E-state index in [4.69, 9.17) is 4.42 Å². The highest BCUT2D eigenvalue weighted by molar-refractivity contribution is 7.92. The summed E-state index contributed by atoms with van der Waals surface area (Å²) < 4.78 is 31.6. The van der Waals surface area contributed by atoms with Crippen molar-refractivity contribution in [2.24, 2.45) is 5.10 Å². The van der Waals surface area contributed by atoms with E-state index in [1.165, 1.54) is 5.01 Å². The van der Waals surface area contributed by atoms with E-state index in [9.17, 15) is 13.2 Å². The van der Waals surface area contributed by atoms with Crippen LogP contribution in [0.15, 0.2) is 82.5 Å². The molecular formula is C22H21N3O4S. The fraction of sp³-hybridized carbons (Fsp3) is 0.182. The van der Waals surface area contributed by atoms with Gasteiger partial charge in [-0.25, -0.2) is 13.4 Å². The Labute approximate surface area is 175 Å². The summed E-state index contributed by atoms with van der Waals surface area (Å²) in [6, 6.07) is 19.2. The molecule has 30 heavy (non-hydrogen) atoms. The Morgan fingerprint density at radius 3 is 2.47 bits per heavy atom. The maximum absolute atomic E-state index is 13.1.